The van der Waals surface area contributed by atoms with Crippen LogP contribution in [0.4, 0.5) is 5.69 Å². The average molecular weight is 580 g/mol. The number of para-hydroxylation sites is 1. The first-order valence-corrected chi connectivity index (χ1v) is 13.7. The molecule has 1 N–H and O–H groups in total. The third kappa shape index (κ3) is 6.59. The highest BCUT2D eigenvalue weighted by Gasteiger charge is 2.33. The maximum absolute atomic E-state index is 14.2. The van der Waals surface area contributed by atoms with Crippen molar-refractivity contribution in [3.63, 3.8) is 0 Å². The van der Waals surface area contributed by atoms with Crippen LogP contribution in [0.15, 0.2) is 91.0 Å². The molecule has 0 saturated carbocycles. The number of carbonyl (C=O) groups is 2. The molecule has 1 heterocycles. The summed E-state index contributed by atoms with van der Waals surface area (Å²) in [5.74, 6) is 0.987. The van der Waals surface area contributed by atoms with E-state index in [9.17, 15) is 9.59 Å². The van der Waals surface area contributed by atoms with Gasteiger partial charge in [-0.3, -0.25) is 9.59 Å². The lowest BCUT2D eigenvalue weighted by Crippen LogP contribution is -2.42. The molecule has 0 radical (unpaired) electrons. The molecule has 220 valence electrons. The number of fused-ring (bicyclic) bond motifs is 1. The number of benzene rings is 4. The highest BCUT2D eigenvalue weighted by molar-refractivity contribution is 5.99. The average Bonchev–Trinajstić information content (AvgIpc) is 3.44. The SMILES string of the molecule is COc1ccc(CN(C(=O)Cn2nnc3ccccc32)[C@@H](C(=O)Nc2ccc(OC)cc2OC)c2ccc(C)cc2)cc1. The van der Waals surface area contributed by atoms with Crippen LogP contribution in [-0.4, -0.2) is 53.0 Å². The quantitative estimate of drug-likeness (QED) is 0.230. The predicted octanol–water partition coefficient (Wildman–Crippen LogP) is 5.17. The Kier molecular flexibility index (Phi) is 8.85. The molecule has 0 aliphatic rings. The summed E-state index contributed by atoms with van der Waals surface area (Å²) in [6, 6.07) is 26.5. The summed E-state index contributed by atoms with van der Waals surface area (Å²) < 4.78 is 17.7. The number of nitrogens with zero attached hydrogens (tertiary/aromatic N) is 4. The number of aromatic nitrogens is 3. The molecule has 0 aliphatic heterocycles. The third-order valence-electron chi connectivity index (χ3n) is 7.16. The molecule has 0 aliphatic carbocycles. The van der Waals surface area contributed by atoms with Crippen LogP contribution in [0.2, 0.25) is 0 Å². The van der Waals surface area contributed by atoms with Gasteiger partial charge in [0.05, 0.1) is 32.5 Å². The Morgan fingerprint density at radius 2 is 1.56 bits per heavy atom. The molecule has 0 saturated heterocycles. The number of hydrogen-bond acceptors (Lipinski definition) is 7. The number of nitrogens with one attached hydrogen (secondary N) is 1. The Labute approximate surface area is 249 Å². The largest absolute Gasteiger partial charge is 0.497 e. The molecule has 10 heteroatoms. The van der Waals surface area contributed by atoms with Gasteiger partial charge in [-0.2, -0.15) is 0 Å². The second-order valence-electron chi connectivity index (χ2n) is 9.97. The molecule has 0 bridgehead atoms. The minimum Gasteiger partial charge on any atom is -0.497 e. The van der Waals surface area contributed by atoms with E-state index in [1.807, 2.05) is 79.7 Å². The zero-order valence-corrected chi connectivity index (χ0v) is 24.5. The first-order chi connectivity index (χ1) is 20.9. The van der Waals surface area contributed by atoms with Crippen molar-refractivity contribution in [1.29, 1.82) is 0 Å². The molecule has 4 aromatic carbocycles. The van der Waals surface area contributed by atoms with E-state index in [0.717, 1.165) is 16.6 Å². The first kappa shape index (κ1) is 29.1. The van der Waals surface area contributed by atoms with E-state index < -0.39 is 11.9 Å². The number of methoxy groups -OCH3 is 3. The minimum atomic E-state index is -0.989. The van der Waals surface area contributed by atoms with E-state index in [0.29, 0.717) is 34.0 Å². The van der Waals surface area contributed by atoms with Gasteiger partial charge in [0.2, 0.25) is 5.91 Å². The lowest BCUT2D eigenvalue weighted by atomic mass is 10.0. The van der Waals surface area contributed by atoms with Crippen molar-refractivity contribution in [2.45, 2.75) is 26.1 Å². The van der Waals surface area contributed by atoms with Gasteiger partial charge in [-0.05, 0) is 54.4 Å². The Morgan fingerprint density at radius 1 is 0.860 bits per heavy atom. The standard InChI is InChI=1S/C33H33N5O5/c1-22-9-13-24(14-10-22)32(33(40)34-28-18-17-26(42-3)19-30(28)43-4)37(20-23-11-15-25(41-2)16-12-23)31(39)21-38-29-8-6-5-7-27(29)35-36-38/h5-19,32H,20-21H2,1-4H3,(H,34,40)/t32-/m1/s1. The molecule has 0 unspecified atom stereocenters. The Hall–Kier alpha value is -5.38. The highest BCUT2D eigenvalue weighted by atomic mass is 16.5. The molecule has 5 aromatic rings. The van der Waals surface area contributed by atoms with E-state index in [1.165, 1.54) is 7.11 Å². The van der Waals surface area contributed by atoms with E-state index in [-0.39, 0.29) is 19.0 Å². The van der Waals surface area contributed by atoms with E-state index in [4.69, 9.17) is 14.2 Å². The minimum absolute atomic E-state index is 0.113. The summed E-state index contributed by atoms with van der Waals surface area (Å²) >= 11 is 0. The molecule has 10 nitrogen and oxygen atoms in total. The molecule has 0 fully saturated rings. The van der Waals surface area contributed by atoms with Gasteiger partial charge in [0.15, 0.2) is 0 Å². The molecule has 2 amide bonds. The van der Waals surface area contributed by atoms with Crippen LogP contribution < -0.4 is 19.5 Å². The second kappa shape index (κ2) is 13.1. The van der Waals surface area contributed by atoms with Crippen molar-refractivity contribution in [3.8, 4) is 17.2 Å². The number of aryl methyl sites for hydroxylation is 1. The summed E-state index contributed by atoms with van der Waals surface area (Å²) in [6.07, 6.45) is 0. The second-order valence-corrected chi connectivity index (χ2v) is 9.97. The van der Waals surface area contributed by atoms with Gasteiger partial charge < -0.3 is 24.4 Å². The number of anilines is 1. The van der Waals surface area contributed by atoms with Crippen LogP contribution in [0.25, 0.3) is 11.0 Å². The summed E-state index contributed by atoms with van der Waals surface area (Å²) in [4.78, 5) is 30.0. The molecule has 1 atom stereocenters. The lowest BCUT2D eigenvalue weighted by Gasteiger charge is -2.32. The van der Waals surface area contributed by atoms with Crippen LogP contribution >= 0.6 is 0 Å². The van der Waals surface area contributed by atoms with Crippen LogP contribution in [-0.2, 0) is 22.7 Å². The number of rotatable bonds is 11. The molecule has 5 rings (SSSR count). The normalized spacial score (nSPS) is 11.5. The van der Waals surface area contributed by atoms with Gasteiger partial charge >= 0.3 is 0 Å². The van der Waals surface area contributed by atoms with Gasteiger partial charge in [0.25, 0.3) is 5.91 Å². The van der Waals surface area contributed by atoms with Crippen LogP contribution in [0.5, 0.6) is 17.2 Å². The van der Waals surface area contributed by atoms with Gasteiger partial charge in [-0.15, -0.1) is 5.10 Å². The Morgan fingerprint density at radius 3 is 2.26 bits per heavy atom. The van der Waals surface area contributed by atoms with Gasteiger partial charge in [0, 0.05) is 12.6 Å². The van der Waals surface area contributed by atoms with Crippen LogP contribution in [0.3, 0.4) is 0 Å². The van der Waals surface area contributed by atoms with Crippen molar-refractivity contribution in [3.05, 3.63) is 108 Å². The maximum atomic E-state index is 14.2. The summed E-state index contributed by atoms with van der Waals surface area (Å²) in [5, 5.41) is 11.4. The Balaban J connectivity index is 1.56. The zero-order chi connectivity index (χ0) is 30.3. The monoisotopic (exact) mass is 579 g/mol. The number of ether oxygens (including phenoxy) is 3. The molecule has 0 spiro atoms. The van der Waals surface area contributed by atoms with Gasteiger partial charge in [0.1, 0.15) is 35.4 Å². The topological polar surface area (TPSA) is 108 Å². The van der Waals surface area contributed by atoms with Crippen LogP contribution in [0.1, 0.15) is 22.7 Å². The number of amides is 2. The smallest absolute Gasteiger partial charge is 0.251 e. The first-order valence-electron chi connectivity index (χ1n) is 13.7. The van der Waals surface area contributed by atoms with Crippen molar-refractivity contribution in [2.24, 2.45) is 0 Å². The zero-order valence-electron chi connectivity index (χ0n) is 24.5. The van der Waals surface area contributed by atoms with Gasteiger partial charge in [-0.25, -0.2) is 4.68 Å². The molecular formula is C33H33N5O5. The summed E-state index contributed by atoms with van der Waals surface area (Å²) in [6.45, 7) is 2.01. The molecule has 1 aromatic heterocycles. The predicted molar refractivity (Wildman–Crippen MR) is 163 cm³/mol. The lowest BCUT2D eigenvalue weighted by molar-refractivity contribution is -0.140. The van der Waals surface area contributed by atoms with E-state index in [1.54, 1.807) is 42.0 Å². The van der Waals surface area contributed by atoms with Crippen LogP contribution in [0, 0.1) is 6.92 Å². The van der Waals surface area contributed by atoms with Crippen molar-refractivity contribution >= 4 is 28.5 Å². The fraction of sp³-hybridized carbons (Fsp3) is 0.212. The summed E-state index contributed by atoms with van der Waals surface area (Å²) in [7, 11) is 4.67. The fourth-order valence-electron chi connectivity index (χ4n) is 4.83. The number of hydrogen-bond donors (Lipinski definition) is 1. The highest BCUT2D eigenvalue weighted by Crippen LogP contribution is 2.32. The van der Waals surface area contributed by atoms with E-state index in [2.05, 4.69) is 15.6 Å². The fourth-order valence-corrected chi connectivity index (χ4v) is 4.83. The molecular weight excluding hydrogens is 546 g/mol. The van der Waals surface area contributed by atoms with Crippen molar-refractivity contribution in [2.75, 3.05) is 26.6 Å². The Bertz CT molecular complexity index is 1720. The summed E-state index contributed by atoms with van der Waals surface area (Å²) in [5.41, 5.74) is 4.35. The third-order valence-corrected chi connectivity index (χ3v) is 7.16. The van der Waals surface area contributed by atoms with Crippen molar-refractivity contribution in [1.82, 2.24) is 19.9 Å². The maximum Gasteiger partial charge on any atom is 0.251 e. The number of carbonyl (C=O) groups excluding carboxylic acids is 2. The van der Waals surface area contributed by atoms with Crippen molar-refractivity contribution < 1.29 is 23.8 Å². The molecule has 43 heavy (non-hydrogen) atoms. The van der Waals surface area contributed by atoms with E-state index >= 15 is 0 Å². The van der Waals surface area contributed by atoms with Gasteiger partial charge in [-0.1, -0.05) is 59.3 Å².